The second-order valence-corrected chi connectivity index (χ2v) is 5.16. The quantitative estimate of drug-likeness (QED) is 0.612. The molecular weight excluding hydrogens is 257 g/mol. The predicted molar refractivity (Wildman–Crippen MR) is 75.6 cm³/mol. The normalized spacial score (nSPS) is 20.5. The maximum absolute atomic E-state index is 13.1. The summed E-state index contributed by atoms with van der Waals surface area (Å²) >= 11 is 0. The van der Waals surface area contributed by atoms with E-state index in [1.807, 2.05) is 18.9 Å². The van der Waals surface area contributed by atoms with Crippen LogP contribution >= 0.6 is 0 Å². The van der Waals surface area contributed by atoms with Gasteiger partial charge < -0.3 is 9.64 Å². The van der Waals surface area contributed by atoms with Crippen LogP contribution < -0.4 is 0 Å². The Morgan fingerprint density at radius 1 is 1.45 bits per heavy atom. The van der Waals surface area contributed by atoms with Crippen molar-refractivity contribution in [1.29, 1.82) is 0 Å². The van der Waals surface area contributed by atoms with E-state index >= 15 is 0 Å². The summed E-state index contributed by atoms with van der Waals surface area (Å²) in [7, 11) is 3.32. The van der Waals surface area contributed by atoms with Gasteiger partial charge in [0, 0.05) is 12.7 Å². The molecule has 1 heterocycles. The van der Waals surface area contributed by atoms with Crippen molar-refractivity contribution in [2.24, 2.45) is 5.92 Å². The predicted octanol–water partition coefficient (Wildman–Crippen LogP) is 2.94. The minimum Gasteiger partial charge on any atom is -0.469 e. The third-order valence-corrected chi connectivity index (χ3v) is 4.13. The summed E-state index contributed by atoms with van der Waals surface area (Å²) in [6.07, 6.45) is 0.781. The van der Waals surface area contributed by atoms with E-state index in [-0.39, 0.29) is 29.7 Å². The first-order chi connectivity index (χ1) is 9.51. The van der Waals surface area contributed by atoms with E-state index in [9.17, 15) is 9.18 Å². The molecule has 4 heteroatoms. The molecule has 0 bridgehead atoms. The van der Waals surface area contributed by atoms with Crippen molar-refractivity contribution in [3.8, 4) is 0 Å². The number of carbonyl (C=O) groups excluding carboxylic acids is 1. The van der Waals surface area contributed by atoms with Gasteiger partial charge in [0.1, 0.15) is 5.82 Å². The Balaban J connectivity index is 2.32. The van der Waals surface area contributed by atoms with E-state index in [0.717, 1.165) is 17.7 Å². The minimum atomic E-state index is -0.298. The molecule has 1 aromatic carbocycles. The molecule has 1 aliphatic rings. The van der Waals surface area contributed by atoms with Gasteiger partial charge in [-0.1, -0.05) is 25.6 Å². The summed E-state index contributed by atoms with van der Waals surface area (Å²) in [5.41, 5.74) is 1.90. The number of halogens is 1. The van der Waals surface area contributed by atoms with Gasteiger partial charge in [-0.2, -0.15) is 0 Å². The highest BCUT2D eigenvalue weighted by Gasteiger charge is 2.49. The molecule has 0 amide bonds. The third kappa shape index (κ3) is 2.55. The summed E-state index contributed by atoms with van der Waals surface area (Å²) in [6.45, 7) is 5.97. The van der Waals surface area contributed by atoms with Crippen LogP contribution in [0.25, 0.3) is 0 Å². The first kappa shape index (κ1) is 14.6. The number of rotatable bonds is 5. The zero-order chi connectivity index (χ0) is 14.9. The van der Waals surface area contributed by atoms with Gasteiger partial charge in [0.25, 0.3) is 0 Å². The largest absolute Gasteiger partial charge is 0.469 e. The minimum absolute atomic E-state index is 0.00486. The maximum atomic E-state index is 13.1. The molecule has 3 unspecified atom stereocenters. The van der Waals surface area contributed by atoms with Crippen LogP contribution in [0.3, 0.4) is 0 Å². The zero-order valence-electron chi connectivity index (χ0n) is 12.1. The number of nitrogens with zero attached hydrogens (tertiary/aromatic N) is 1. The summed E-state index contributed by atoms with van der Waals surface area (Å²) < 4.78 is 18.0. The average molecular weight is 277 g/mol. The van der Waals surface area contributed by atoms with Gasteiger partial charge in [0.05, 0.1) is 19.1 Å². The van der Waals surface area contributed by atoms with Crippen LogP contribution in [0.2, 0.25) is 0 Å². The van der Waals surface area contributed by atoms with Crippen molar-refractivity contribution in [3.05, 3.63) is 47.9 Å². The highest BCUT2D eigenvalue weighted by molar-refractivity contribution is 5.76. The van der Waals surface area contributed by atoms with Crippen molar-refractivity contribution in [1.82, 2.24) is 4.90 Å². The van der Waals surface area contributed by atoms with E-state index in [4.69, 9.17) is 4.74 Å². The van der Waals surface area contributed by atoms with Gasteiger partial charge >= 0.3 is 5.97 Å². The number of methoxy groups -OCH3 is 1. The third-order valence-electron chi connectivity index (χ3n) is 4.13. The van der Waals surface area contributed by atoms with Gasteiger partial charge in [-0.3, -0.25) is 4.79 Å². The highest BCUT2D eigenvalue weighted by Crippen LogP contribution is 2.43. The lowest BCUT2D eigenvalue weighted by atomic mass is 9.81. The second-order valence-electron chi connectivity index (χ2n) is 5.16. The summed E-state index contributed by atoms with van der Waals surface area (Å²) in [5, 5.41) is 0. The van der Waals surface area contributed by atoms with E-state index in [2.05, 4.69) is 6.58 Å². The van der Waals surface area contributed by atoms with Crippen LogP contribution in [-0.4, -0.2) is 31.1 Å². The van der Waals surface area contributed by atoms with Gasteiger partial charge in [-0.05, 0) is 30.0 Å². The number of carbonyl (C=O) groups is 1. The Hall–Kier alpha value is -1.84. The molecule has 3 nitrogen and oxygen atoms in total. The first-order valence-electron chi connectivity index (χ1n) is 6.76. The summed E-state index contributed by atoms with van der Waals surface area (Å²) in [4.78, 5) is 14.1. The second kappa shape index (κ2) is 5.65. The number of likely N-dealkylation sites (N-methyl/N-ethyl adjacent to an activating group) is 1. The molecule has 1 aliphatic heterocycles. The molecule has 3 atom stereocenters. The van der Waals surface area contributed by atoms with Crippen LogP contribution in [0.4, 0.5) is 4.39 Å². The van der Waals surface area contributed by atoms with Crippen LogP contribution in [-0.2, 0) is 9.53 Å². The van der Waals surface area contributed by atoms with Gasteiger partial charge in [-0.25, -0.2) is 4.39 Å². The zero-order valence-corrected chi connectivity index (χ0v) is 12.1. The fourth-order valence-corrected chi connectivity index (χ4v) is 2.87. The van der Waals surface area contributed by atoms with Gasteiger partial charge in [0.2, 0.25) is 0 Å². The number of hydrogen-bond donors (Lipinski definition) is 0. The van der Waals surface area contributed by atoms with E-state index in [0.29, 0.717) is 0 Å². The Kier molecular flexibility index (Phi) is 4.12. The Bertz CT molecular complexity index is 512. The molecule has 20 heavy (non-hydrogen) atoms. The van der Waals surface area contributed by atoms with Crippen molar-refractivity contribution >= 4 is 5.97 Å². The van der Waals surface area contributed by atoms with Crippen molar-refractivity contribution in [2.75, 3.05) is 14.2 Å². The Morgan fingerprint density at radius 3 is 2.40 bits per heavy atom. The molecule has 0 spiro atoms. The first-order valence-corrected chi connectivity index (χ1v) is 6.76. The molecule has 2 rings (SSSR count). The van der Waals surface area contributed by atoms with Crippen LogP contribution in [0.5, 0.6) is 0 Å². The molecule has 0 aromatic heterocycles. The monoisotopic (exact) mass is 277 g/mol. The fourth-order valence-electron chi connectivity index (χ4n) is 2.87. The van der Waals surface area contributed by atoms with Crippen molar-refractivity contribution < 1.29 is 13.9 Å². The molecule has 0 aliphatic carbocycles. The van der Waals surface area contributed by atoms with Gasteiger partial charge in [-0.15, -0.1) is 0 Å². The molecule has 0 saturated carbocycles. The maximum Gasteiger partial charge on any atom is 0.311 e. The molecule has 0 N–H and O–H groups in total. The molecule has 108 valence electrons. The SMILES string of the molecule is C=C1C(C(C(=O)OC)C(CC)c2ccc(F)cc2)N1C. The molecule has 1 saturated heterocycles. The highest BCUT2D eigenvalue weighted by atomic mass is 19.1. The molecule has 1 fully saturated rings. The molecule has 1 aromatic rings. The lowest BCUT2D eigenvalue weighted by molar-refractivity contribution is -0.146. The topological polar surface area (TPSA) is 29.3 Å². The molecule has 0 radical (unpaired) electrons. The standard InChI is InChI=1S/C16H20FNO2/c1-5-13(11-6-8-12(17)9-7-11)14(16(19)20-4)15-10(2)18(15)3/h6-9,13-15H,2,5H2,1,3-4H3. The van der Waals surface area contributed by atoms with Crippen LogP contribution in [0.15, 0.2) is 36.5 Å². The number of benzene rings is 1. The van der Waals surface area contributed by atoms with E-state index in [1.54, 1.807) is 12.1 Å². The number of hydrogen-bond acceptors (Lipinski definition) is 3. The van der Waals surface area contributed by atoms with Crippen LogP contribution in [0.1, 0.15) is 24.8 Å². The fraction of sp³-hybridized carbons (Fsp3) is 0.438. The smallest absolute Gasteiger partial charge is 0.311 e. The van der Waals surface area contributed by atoms with Crippen molar-refractivity contribution in [2.45, 2.75) is 25.3 Å². The van der Waals surface area contributed by atoms with E-state index in [1.165, 1.54) is 19.2 Å². The van der Waals surface area contributed by atoms with E-state index < -0.39 is 0 Å². The van der Waals surface area contributed by atoms with Crippen molar-refractivity contribution in [3.63, 3.8) is 0 Å². The lowest BCUT2D eigenvalue weighted by Crippen LogP contribution is -2.29. The van der Waals surface area contributed by atoms with Crippen LogP contribution in [0, 0.1) is 11.7 Å². The number of esters is 1. The van der Waals surface area contributed by atoms with Gasteiger partial charge in [0.15, 0.2) is 0 Å². The average Bonchev–Trinajstić information content (AvgIpc) is 3.03. The number of ether oxygens (including phenoxy) is 1. The summed E-state index contributed by atoms with van der Waals surface area (Å²) in [6, 6.07) is 6.35. The lowest BCUT2D eigenvalue weighted by Gasteiger charge is -2.24. The Labute approximate surface area is 119 Å². The summed E-state index contributed by atoms with van der Waals surface area (Å²) in [5.74, 6) is -0.814. The Morgan fingerprint density at radius 2 is 2.00 bits per heavy atom. The molecular formula is C16H20FNO2.